The minimum Gasteiger partial charge on any atom is -0.382 e. The van der Waals surface area contributed by atoms with Crippen LogP contribution in [0.15, 0.2) is 18.2 Å². The van der Waals surface area contributed by atoms with Crippen LogP contribution in [0, 0.1) is 12.7 Å². The largest absolute Gasteiger partial charge is 0.382 e. The highest BCUT2D eigenvalue weighted by molar-refractivity contribution is 5.51. The fourth-order valence-corrected chi connectivity index (χ4v) is 3.50. The smallest absolute Gasteiger partial charge is 0.128 e. The Kier molecular flexibility index (Phi) is 3.48. The first kappa shape index (κ1) is 12.9. The third kappa shape index (κ3) is 2.62. The van der Waals surface area contributed by atoms with Crippen molar-refractivity contribution in [1.82, 2.24) is 0 Å². The van der Waals surface area contributed by atoms with Crippen LogP contribution in [-0.4, -0.2) is 18.2 Å². The van der Waals surface area contributed by atoms with Crippen molar-refractivity contribution < 1.29 is 9.13 Å². The summed E-state index contributed by atoms with van der Waals surface area (Å²) in [6, 6.07) is 5.67. The Hall–Kier alpha value is -1.09. The molecule has 1 N–H and O–H groups in total. The van der Waals surface area contributed by atoms with Gasteiger partial charge in [-0.3, -0.25) is 0 Å². The number of rotatable bonds is 2. The Morgan fingerprint density at radius 3 is 2.89 bits per heavy atom. The lowest BCUT2D eigenvalue weighted by Crippen LogP contribution is -2.42. The quantitative estimate of drug-likeness (QED) is 0.869. The van der Waals surface area contributed by atoms with Gasteiger partial charge in [0.1, 0.15) is 5.82 Å². The Morgan fingerprint density at radius 2 is 2.11 bits per heavy atom. The van der Waals surface area contributed by atoms with E-state index in [-0.39, 0.29) is 11.4 Å². The van der Waals surface area contributed by atoms with Crippen LogP contribution in [0.1, 0.15) is 44.1 Å². The molecule has 2 nitrogen and oxygen atoms in total. The lowest BCUT2D eigenvalue weighted by atomic mass is 9.88. The number of halogens is 1. The Bertz CT molecular complexity index is 454. The summed E-state index contributed by atoms with van der Waals surface area (Å²) < 4.78 is 19.6. The molecule has 2 fully saturated rings. The second kappa shape index (κ2) is 5.12. The predicted molar refractivity (Wildman–Crippen MR) is 74.9 cm³/mol. The molecule has 1 aromatic carbocycles. The Balaban J connectivity index is 1.71. The van der Waals surface area contributed by atoms with Gasteiger partial charge in [0.15, 0.2) is 0 Å². The van der Waals surface area contributed by atoms with Gasteiger partial charge < -0.3 is 10.1 Å². The van der Waals surface area contributed by atoms with E-state index in [4.69, 9.17) is 4.74 Å². The zero-order valence-electron chi connectivity index (χ0n) is 11.5. The molecule has 104 valence electrons. The fraction of sp³-hybridized carbons (Fsp3) is 0.625. The molecule has 3 heteroatoms. The van der Waals surface area contributed by atoms with Gasteiger partial charge in [-0.05, 0) is 44.7 Å². The molecule has 1 aliphatic carbocycles. The van der Waals surface area contributed by atoms with Gasteiger partial charge in [0, 0.05) is 23.9 Å². The van der Waals surface area contributed by atoms with Crippen molar-refractivity contribution in [3.63, 3.8) is 0 Å². The summed E-state index contributed by atoms with van der Waals surface area (Å²) in [5.74, 6) is -0.132. The van der Waals surface area contributed by atoms with E-state index < -0.39 is 0 Å². The van der Waals surface area contributed by atoms with Crippen LogP contribution in [0.4, 0.5) is 10.1 Å². The zero-order chi connectivity index (χ0) is 13.3. The Labute approximate surface area is 114 Å². The van der Waals surface area contributed by atoms with E-state index in [0.717, 1.165) is 30.7 Å². The van der Waals surface area contributed by atoms with Gasteiger partial charge in [-0.2, -0.15) is 0 Å². The van der Waals surface area contributed by atoms with Crippen molar-refractivity contribution >= 4 is 5.69 Å². The molecule has 1 saturated carbocycles. The van der Waals surface area contributed by atoms with Crippen LogP contribution in [0.2, 0.25) is 0 Å². The molecule has 0 radical (unpaired) electrons. The molecule has 0 amide bonds. The predicted octanol–water partition coefficient (Wildman–Crippen LogP) is 4.04. The van der Waals surface area contributed by atoms with Crippen molar-refractivity contribution in [1.29, 1.82) is 0 Å². The lowest BCUT2D eigenvalue weighted by Gasteiger charge is -2.39. The van der Waals surface area contributed by atoms with Gasteiger partial charge in [0.25, 0.3) is 0 Å². The number of nitrogens with one attached hydrogen (secondary N) is 1. The van der Waals surface area contributed by atoms with Crippen molar-refractivity contribution in [3.8, 4) is 0 Å². The van der Waals surface area contributed by atoms with Crippen molar-refractivity contribution in [2.45, 2.75) is 57.1 Å². The third-order valence-corrected chi connectivity index (χ3v) is 4.64. The lowest BCUT2D eigenvalue weighted by molar-refractivity contribution is -0.0767. The zero-order valence-corrected chi connectivity index (χ0v) is 11.5. The van der Waals surface area contributed by atoms with Gasteiger partial charge in [-0.1, -0.05) is 18.9 Å². The molecule has 1 unspecified atom stereocenters. The number of hydrogen-bond donors (Lipinski definition) is 1. The van der Waals surface area contributed by atoms with Crippen LogP contribution in [0.3, 0.4) is 0 Å². The highest BCUT2D eigenvalue weighted by Crippen LogP contribution is 2.40. The molecule has 1 aliphatic heterocycles. The third-order valence-electron chi connectivity index (χ3n) is 4.64. The van der Waals surface area contributed by atoms with Gasteiger partial charge in [0.05, 0.1) is 5.60 Å². The van der Waals surface area contributed by atoms with E-state index in [2.05, 4.69) is 5.32 Å². The van der Waals surface area contributed by atoms with Gasteiger partial charge >= 0.3 is 0 Å². The highest BCUT2D eigenvalue weighted by Gasteiger charge is 2.39. The summed E-state index contributed by atoms with van der Waals surface area (Å²) >= 11 is 0. The summed E-state index contributed by atoms with van der Waals surface area (Å²) in [6.45, 7) is 2.66. The van der Waals surface area contributed by atoms with E-state index in [1.807, 2.05) is 13.0 Å². The molecule has 0 aromatic heterocycles. The second-order valence-electron chi connectivity index (χ2n) is 5.99. The fourth-order valence-electron chi connectivity index (χ4n) is 3.50. The summed E-state index contributed by atoms with van der Waals surface area (Å²) in [5, 5.41) is 3.52. The molecular weight excluding hydrogens is 241 g/mol. The second-order valence-corrected chi connectivity index (χ2v) is 5.99. The summed E-state index contributed by atoms with van der Waals surface area (Å²) in [4.78, 5) is 0. The maximum atomic E-state index is 13.6. The van der Waals surface area contributed by atoms with Crippen LogP contribution in [0.25, 0.3) is 0 Å². The van der Waals surface area contributed by atoms with Gasteiger partial charge in [0.2, 0.25) is 0 Å². The molecule has 19 heavy (non-hydrogen) atoms. The van der Waals surface area contributed by atoms with Gasteiger partial charge in [-0.25, -0.2) is 4.39 Å². The summed E-state index contributed by atoms with van der Waals surface area (Å²) in [5.41, 5.74) is 1.76. The monoisotopic (exact) mass is 263 g/mol. The van der Waals surface area contributed by atoms with Crippen LogP contribution in [0.5, 0.6) is 0 Å². The number of anilines is 1. The molecule has 2 aliphatic rings. The van der Waals surface area contributed by atoms with E-state index >= 15 is 0 Å². The van der Waals surface area contributed by atoms with Gasteiger partial charge in [-0.15, -0.1) is 0 Å². The molecule has 1 saturated heterocycles. The molecular formula is C16H22FNO. The Morgan fingerprint density at radius 1 is 1.32 bits per heavy atom. The SMILES string of the molecule is Cc1c(F)cccc1NC1CCOC2(CCCC2)C1. The van der Waals surface area contributed by atoms with Crippen LogP contribution >= 0.6 is 0 Å². The first-order chi connectivity index (χ1) is 9.19. The highest BCUT2D eigenvalue weighted by atomic mass is 19.1. The van der Waals surface area contributed by atoms with Crippen molar-refractivity contribution in [2.75, 3.05) is 11.9 Å². The molecule has 3 rings (SSSR count). The summed E-state index contributed by atoms with van der Waals surface area (Å²) in [7, 11) is 0. The van der Waals surface area contributed by atoms with E-state index in [1.165, 1.54) is 31.7 Å². The molecule has 0 bridgehead atoms. The first-order valence-electron chi connectivity index (χ1n) is 7.34. The number of benzene rings is 1. The van der Waals surface area contributed by atoms with Crippen LogP contribution in [-0.2, 0) is 4.74 Å². The molecule has 1 heterocycles. The van der Waals surface area contributed by atoms with Crippen molar-refractivity contribution in [3.05, 3.63) is 29.6 Å². The van der Waals surface area contributed by atoms with Crippen LogP contribution < -0.4 is 5.32 Å². The number of ether oxygens (including phenoxy) is 1. The molecule has 1 spiro atoms. The van der Waals surface area contributed by atoms with E-state index in [0.29, 0.717) is 6.04 Å². The minimum absolute atomic E-state index is 0.108. The van der Waals surface area contributed by atoms with Crippen molar-refractivity contribution in [2.24, 2.45) is 0 Å². The minimum atomic E-state index is -0.132. The maximum Gasteiger partial charge on any atom is 0.128 e. The van der Waals surface area contributed by atoms with E-state index in [1.54, 1.807) is 6.07 Å². The number of hydrogen-bond acceptors (Lipinski definition) is 2. The maximum absolute atomic E-state index is 13.6. The van der Waals surface area contributed by atoms with E-state index in [9.17, 15) is 4.39 Å². The molecule has 1 aromatic rings. The summed E-state index contributed by atoms with van der Waals surface area (Å²) in [6.07, 6.45) is 7.01. The first-order valence-corrected chi connectivity index (χ1v) is 7.34. The average Bonchev–Trinajstić information content (AvgIpc) is 2.83. The standard InChI is InChI=1S/C16H22FNO/c1-12-14(17)5-4-6-15(12)18-13-7-10-19-16(11-13)8-2-3-9-16/h4-6,13,18H,2-3,7-11H2,1H3. The average molecular weight is 263 g/mol. The molecule has 1 atom stereocenters. The topological polar surface area (TPSA) is 21.3 Å². The normalized spacial score (nSPS) is 25.7.